The summed E-state index contributed by atoms with van der Waals surface area (Å²) >= 11 is 5.99. The molecule has 0 fully saturated rings. The topological polar surface area (TPSA) is 92.7 Å². The van der Waals surface area contributed by atoms with Crippen molar-refractivity contribution in [2.24, 2.45) is 0 Å². The highest BCUT2D eigenvalue weighted by Crippen LogP contribution is 2.30. The summed E-state index contributed by atoms with van der Waals surface area (Å²) in [6, 6.07) is 13.0. The number of nitrogens with one attached hydrogen (secondary N) is 1. The molecule has 29 heavy (non-hydrogen) atoms. The Morgan fingerprint density at radius 1 is 1.00 bits per heavy atom. The monoisotopic (exact) mass is 439 g/mol. The third-order valence-electron chi connectivity index (χ3n) is 3.76. The first-order chi connectivity index (χ1) is 13.7. The van der Waals surface area contributed by atoms with Gasteiger partial charge in [-0.25, -0.2) is 22.0 Å². The maximum Gasteiger partial charge on any atom is 0.337 e. The van der Waals surface area contributed by atoms with Crippen molar-refractivity contribution in [1.82, 2.24) is 0 Å². The smallest absolute Gasteiger partial charge is 0.337 e. The number of aromatic carboxylic acids is 1. The van der Waals surface area contributed by atoms with Gasteiger partial charge in [0.15, 0.2) is 11.6 Å². The van der Waals surface area contributed by atoms with Gasteiger partial charge in [-0.2, -0.15) is 0 Å². The molecule has 3 rings (SSSR count). The lowest BCUT2D eigenvalue weighted by Crippen LogP contribution is -2.17. The molecule has 0 aliphatic rings. The van der Waals surface area contributed by atoms with Crippen LogP contribution in [0.3, 0.4) is 0 Å². The first-order valence-corrected chi connectivity index (χ1v) is 9.82. The van der Waals surface area contributed by atoms with Gasteiger partial charge in [0.25, 0.3) is 10.0 Å². The lowest BCUT2D eigenvalue weighted by Gasteiger charge is -2.13. The van der Waals surface area contributed by atoms with E-state index >= 15 is 0 Å². The number of anilines is 1. The average Bonchev–Trinajstić information content (AvgIpc) is 2.67. The zero-order chi connectivity index (χ0) is 21.2. The Labute approximate surface area is 169 Å². The fourth-order valence-electron chi connectivity index (χ4n) is 2.36. The minimum atomic E-state index is -4.41. The van der Waals surface area contributed by atoms with Gasteiger partial charge in [-0.3, -0.25) is 4.72 Å². The van der Waals surface area contributed by atoms with Gasteiger partial charge in [0.05, 0.1) is 15.5 Å². The first kappa shape index (κ1) is 20.6. The number of para-hydroxylation sites is 1. The minimum Gasteiger partial charge on any atom is -0.478 e. The van der Waals surface area contributed by atoms with Crippen LogP contribution in [-0.2, 0) is 10.0 Å². The molecule has 3 aromatic rings. The number of hydrogen-bond donors (Lipinski definition) is 2. The number of carboxylic acid groups (broad SMARTS) is 1. The third-order valence-corrected chi connectivity index (χ3v) is 5.44. The van der Waals surface area contributed by atoms with Crippen LogP contribution in [-0.4, -0.2) is 19.5 Å². The molecular weight excluding hydrogens is 428 g/mol. The van der Waals surface area contributed by atoms with E-state index < -0.39 is 38.9 Å². The highest BCUT2D eigenvalue weighted by Gasteiger charge is 2.24. The maximum absolute atomic E-state index is 14.0. The number of carboxylic acids is 1. The van der Waals surface area contributed by atoms with Gasteiger partial charge in [-0.1, -0.05) is 23.7 Å². The summed E-state index contributed by atoms with van der Waals surface area (Å²) in [6.07, 6.45) is 0. The van der Waals surface area contributed by atoms with Crippen molar-refractivity contribution in [2.45, 2.75) is 4.90 Å². The molecule has 3 aromatic carbocycles. The third kappa shape index (κ3) is 4.47. The van der Waals surface area contributed by atoms with E-state index in [1.54, 1.807) is 29.0 Å². The number of ether oxygens (including phenoxy) is 1. The molecule has 0 saturated carbocycles. The van der Waals surface area contributed by atoms with Crippen LogP contribution < -0.4 is 9.46 Å². The molecule has 150 valence electrons. The molecule has 2 N–H and O–H groups in total. The molecule has 0 aromatic heterocycles. The molecule has 0 radical (unpaired) electrons. The fourth-order valence-corrected chi connectivity index (χ4v) is 3.62. The first-order valence-electron chi connectivity index (χ1n) is 7.95. The van der Waals surface area contributed by atoms with Crippen LogP contribution in [0.5, 0.6) is 11.5 Å². The molecule has 0 heterocycles. The quantitative estimate of drug-likeness (QED) is 0.569. The lowest BCUT2D eigenvalue weighted by molar-refractivity contribution is 0.0697. The Hall–Kier alpha value is -3.17. The summed E-state index contributed by atoms with van der Waals surface area (Å²) in [7, 11) is -4.41. The Morgan fingerprint density at radius 2 is 1.66 bits per heavy atom. The molecule has 0 aliphatic carbocycles. The Balaban J connectivity index is 1.89. The van der Waals surface area contributed by atoms with Gasteiger partial charge in [0, 0.05) is 0 Å². The predicted octanol–water partition coefficient (Wildman–Crippen LogP) is 4.91. The maximum atomic E-state index is 14.0. The van der Waals surface area contributed by atoms with E-state index in [-0.39, 0.29) is 10.6 Å². The molecule has 0 amide bonds. The van der Waals surface area contributed by atoms with E-state index in [4.69, 9.17) is 21.4 Å². The van der Waals surface area contributed by atoms with Gasteiger partial charge in [-0.15, -0.1) is 0 Å². The Kier molecular flexibility index (Phi) is 5.71. The molecular formula is C19H12ClF2NO5S. The van der Waals surface area contributed by atoms with E-state index in [1.807, 2.05) is 0 Å². The second kappa shape index (κ2) is 8.06. The van der Waals surface area contributed by atoms with Crippen LogP contribution in [0, 0.1) is 11.6 Å². The van der Waals surface area contributed by atoms with E-state index in [9.17, 15) is 22.0 Å². The van der Waals surface area contributed by atoms with Crippen molar-refractivity contribution in [3.05, 3.63) is 82.9 Å². The van der Waals surface area contributed by atoms with Crippen LogP contribution >= 0.6 is 11.6 Å². The molecule has 0 aliphatic heterocycles. The van der Waals surface area contributed by atoms with Crippen LogP contribution in [0.2, 0.25) is 5.02 Å². The molecule has 0 bridgehead atoms. The van der Waals surface area contributed by atoms with Gasteiger partial charge >= 0.3 is 5.97 Å². The van der Waals surface area contributed by atoms with E-state index in [0.29, 0.717) is 16.8 Å². The standard InChI is InChI=1S/C19H12ClF2NO5S/c20-14-3-1-2-4-16(14)28-11-5-7-12(8-6-11)29(26,27)23-18-13(19(24)25)9-10-15(21)17(18)22/h1-10,23H,(H,24,25). The van der Waals surface area contributed by atoms with E-state index in [0.717, 1.165) is 18.2 Å². The normalized spacial score (nSPS) is 11.1. The highest BCUT2D eigenvalue weighted by atomic mass is 35.5. The number of benzene rings is 3. The van der Waals surface area contributed by atoms with Crippen molar-refractivity contribution >= 4 is 33.3 Å². The predicted molar refractivity (Wildman–Crippen MR) is 102 cm³/mol. The Bertz CT molecular complexity index is 1180. The van der Waals surface area contributed by atoms with Crippen LogP contribution in [0.25, 0.3) is 0 Å². The van der Waals surface area contributed by atoms with Gasteiger partial charge in [0.2, 0.25) is 0 Å². The van der Waals surface area contributed by atoms with Crippen LogP contribution in [0.15, 0.2) is 65.6 Å². The minimum absolute atomic E-state index is 0.278. The number of rotatable bonds is 6. The molecule has 6 nitrogen and oxygen atoms in total. The van der Waals surface area contributed by atoms with Gasteiger partial charge in [-0.05, 0) is 48.5 Å². The van der Waals surface area contributed by atoms with Crippen molar-refractivity contribution < 1.29 is 31.8 Å². The van der Waals surface area contributed by atoms with Crippen molar-refractivity contribution in [2.75, 3.05) is 4.72 Å². The van der Waals surface area contributed by atoms with Crippen molar-refractivity contribution in [3.63, 3.8) is 0 Å². The summed E-state index contributed by atoms with van der Waals surface area (Å²) in [5.41, 5.74) is -1.72. The average molecular weight is 440 g/mol. The molecule has 0 saturated heterocycles. The highest BCUT2D eigenvalue weighted by molar-refractivity contribution is 7.92. The zero-order valence-corrected chi connectivity index (χ0v) is 16.0. The summed E-state index contributed by atoms with van der Waals surface area (Å²) < 4.78 is 59.8. The van der Waals surface area contributed by atoms with Crippen LogP contribution in [0.4, 0.5) is 14.5 Å². The molecule has 0 spiro atoms. The zero-order valence-electron chi connectivity index (χ0n) is 14.4. The lowest BCUT2D eigenvalue weighted by atomic mass is 10.1. The number of halogens is 3. The number of carbonyl (C=O) groups is 1. The summed E-state index contributed by atoms with van der Waals surface area (Å²) in [4.78, 5) is 10.9. The SMILES string of the molecule is O=C(O)c1ccc(F)c(F)c1NS(=O)(=O)c1ccc(Oc2ccccc2Cl)cc1. The molecule has 0 unspecified atom stereocenters. The number of sulfonamides is 1. The summed E-state index contributed by atoms with van der Waals surface area (Å²) in [6.45, 7) is 0. The van der Waals surface area contributed by atoms with Crippen LogP contribution in [0.1, 0.15) is 10.4 Å². The fraction of sp³-hybridized carbons (Fsp3) is 0. The van der Waals surface area contributed by atoms with Gasteiger partial charge < -0.3 is 9.84 Å². The van der Waals surface area contributed by atoms with Gasteiger partial charge in [0.1, 0.15) is 17.2 Å². The Morgan fingerprint density at radius 3 is 2.28 bits per heavy atom. The second-order valence-electron chi connectivity index (χ2n) is 5.70. The largest absolute Gasteiger partial charge is 0.478 e. The van der Waals surface area contributed by atoms with Crippen molar-refractivity contribution in [3.8, 4) is 11.5 Å². The van der Waals surface area contributed by atoms with E-state index in [2.05, 4.69) is 0 Å². The summed E-state index contributed by atoms with van der Waals surface area (Å²) in [5, 5.41) is 9.45. The van der Waals surface area contributed by atoms with E-state index in [1.165, 1.54) is 12.1 Å². The molecule has 0 atom stereocenters. The number of hydrogen-bond acceptors (Lipinski definition) is 4. The molecule has 10 heteroatoms. The van der Waals surface area contributed by atoms with Crippen molar-refractivity contribution in [1.29, 1.82) is 0 Å². The second-order valence-corrected chi connectivity index (χ2v) is 7.79. The summed E-state index contributed by atoms with van der Waals surface area (Å²) in [5.74, 6) is -4.00.